The van der Waals surface area contributed by atoms with E-state index in [4.69, 9.17) is 5.73 Å². The van der Waals surface area contributed by atoms with Crippen LogP contribution in [-0.4, -0.2) is 6.54 Å². The third-order valence-electron chi connectivity index (χ3n) is 2.10. The van der Waals surface area contributed by atoms with Crippen molar-refractivity contribution in [1.29, 1.82) is 0 Å². The Morgan fingerprint density at radius 2 is 1.67 bits per heavy atom. The van der Waals surface area contributed by atoms with E-state index in [-0.39, 0.29) is 0 Å². The minimum atomic E-state index is 0.862. The summed E-state index contributed by atoms with van der Waals surface area (Å²) < 4.78 is 0. The fraction of sp³-hybridized carbons (Fsp3) is 1.00. The molecule has 0 fully saturated rings. The number of nitrogens with two attached hydrogens (primary N) is 1. The molecule has 1 heteroatoms. The van der Waals surface area contributed by atoms with E-state index in [1.165, 1.54) is 32.1 Å². The summed E-state index contributed by atoms with van der Waals surface area (Å²) in [7, 11) is 0. The minimum absolute atomic E-state index is 0.862. The van der Waals surface area contributed by atoms with Gasteiger partial charge in [0.1, 0.15) is 0 Å². The van der Waals surface area contributed by atoms with Crippen molar-refractivity contribution in [2.45, 2.75) is 59.8 Å². The van der Waals surface area contributed by atoms with Gasteiger partial charge in [0, 0.05) is 0 Å². The van der Waals surface area contributed by atoms with Gasteiger partial charge in [-0.15, -0.1) is 0 Å². The Morgan fingerprint density at radius 3 is 2.08 bits per heavy atom. The molecule has 0 aromatic carbocycles. The van der Waals surface area contributed by atoms with Crippen LogP contribution in [0, 0.1) is 5.92 Å². The van der Waals surface area contributed by atoms with Gasteiger partial charge in [-0.05, 0) is 18.9 Å². The SMILES string of the molecule is CC.CCC(C)CCCCCN. The Morgan fingerprint density at radius 1 is 1.08 bits per heavy atom. The average molecular weight is 173 g/mol. The van der Waals surface area contributed by atoms with Gasteiger partial charge in [-0.25, -0.2) is 0 Å². The lowest BCUT2D eigenvalue weighted by molar-refractivity contribution is 0.480. The van der Waals surface area contributed by atoms with Crippen molar-refractivity contribution in [3.8, 4) is 0 Å². The first-order valence-electron chi connectivity index (χ1n) is 5.51. The van der Waals surface area contributed by atoms with E-state index < -0.39 is 0 Å². The first-order chi connectivity index (χ1) is 5.81. The molecule has 2 N–H and O–H groups in total. The normalized spacial score (nSPS) is 11.8. The molecule has 0 amide bonds. The Balaban J connectivity index is 0. The van der Waals surface area contributed by atoms with E-state index in [1.54, 1.807) is 0 Å². The first-order valence-corrected chi connectivity index (χ1v) is 5.51. The second kappa shape index (κ2) is 13.5. The van der Waals surface area contributed by atoms with Crippen molar-refractivity contribution in [2.75, 3.05) is 6.54 Å². The summed E-state index contributed by atoms with van der Waals surface area (Å²) >= 11 is 0. The lowest BCUT2D eigenvalue weighted by Gasteiger charge is -2.06. The number of hydrogen-bond acceptors (Lipinski definition) is 1. The highest BCUT2D eigenvalue weighted by atomic mass is 14.5. The van der Waals surface area contributed by atoms with Crippen LogP contribution in [0.15, 0.2) is 0 Å². The molecule has 0 radical (unpaired) electrons. The summed E-state index contributed by atoms with van der Waals surface area (Å²) in [6.07, 6.45) is 6.60. The van der Waals surface area contributed by atoms with Crippen molar-refractivity contribution >= 4 is 0 Å². The smallest absolute Gasteiger partial charge is 0.00773 e. The standard InChI is InChI=1S/C9H21N.C2H6/c1-3-9(2)7-5-4-6-8-10;1-2/h9H,3-8,10H2,1-2H3;1-2H3. The van der Waals surface area contributed by atoms with E-state index in [9.17, 15) is 0 Å². The van der Waals surface area contributed by atoms with E-state index in [2.05, 4.69) is 13.8 Å². The van der Waals surface area contributed by atoms with Crippen LogP contribution >= 0.6 is 0 Å². The predicted octanol–water partition coefficient (Wildman–Crippen LogP) is 3.58. The van der Waals surface area contributed by atoms with Gasteiger partial charge in [-0.1, -0.05) is 53.4 Å². The maximum Gasteiger partial charge on any atom is -0.00773 e. The number of rotatable bonds is 6. The molecule has 0 saturated carbocycles. The summed E-state index contributed by atoms with van der Waals surface area (Å²) in [5.41, 5.74) is 5.38. The summed E-state index contributed by atoms with van der Waals surface area (Å²) in [5, 5.41) is 0. The molecule has 0 aliphatic carbocycles. The van der Waals surface area contributed by atoms with Crippen molar-refractivity contribution in [1.82, 2.24) is 0 Å². The fourth-order valence-corrected chi connectivity index (χ4v) is 1.02. The van der Waals surface area contributed by atoms with E-state index in [0.29, 0.717) is 0 Å². The number of hydrogen-bond donors (Lipinski definition) is 1. The third kappa shape index (κ3) is 12.6. The highest BCUT2D eigenvalue weighted by molar-refractivity contribution is 4.50. The van der Waals surface area contributed by atoms with Crippen molar-refractivity contribution in [2.24, 2.45) is 11.7 Å². The maximum atomic E-state index is 5.38. The molecular weight excluding hydrogens is 146 g/mol. The van der Waals surface area contributed by atoms with Gasteiger partial charge in [0.25, 0.3) is 0 Å². The Labute approximate surface area is 78.7 Å². The lowest BCUT2D eigenvalue weighted by atomic mass is 10.0. The topological polar surface area (TPSA) is 26.0 Å². The van der Waals surface area contributed by atoms with Gasteiger partial charge in [0.15, 0.2) is 0 Å². The number of unbranched alkanes of at least 4 members (excludes halogenated alkanes) is 2. The van der Waals surface area contributed by atoms with E-state index in [1.807, 2.05) is 13.8 Å². The molecule has 0 heterocycles. The third-order valence-corrected chi connectivity index (χ3v) is 2.10. The van der Waals surface area contributed by atoms with Crippen LogP contribution < -0.4 is 5.73 Å². The molecule has 0 rings (SSSR count). The van der Waals surface area contributed by atoms with Gasteiger partial charge in [-0.3, -0.25) is 0 Å². The Kier molecular flexibility index (Phi) is 16.3. The van der Waals surface area contributed by atoms with E-state index in [0.717, 1.165) is 12.5 Å². The van der Waals surface area contributed by atoms with Crippen LogP contribution in [0.4, 0.5) is 0 Å². The molecule has 0 spiro atoms. The van der Waals surface area contributed by atoms with Gasteiger partial charge in [0.05, 0.1) is 0 Å². The van der Waals surface area contributed by atoms with Gasteiger partial charge >= 0.3 is 0 Å². The molecule has 1 atom stereocenters. The molecule has 0 bridgehead atoms. The lowest BCUT2D eigenvalue weighted by Crippen LogP contribution is -1.98. The molecule has 0 aromatic heterocycles. The maximum absolute atomic E-state index is 5.38. The van der Waals surface area contributed by atoms with Crippen LogP contribution in [0.2, 0.25) is 0 Å². The zero-order valence-corrected chi connectivity index (χ0v) is 9.40. The zero-order valence-electron chi connectivity index (χ0n) is 9.40. The van der Waals surface area contributed by atoms with Crippen LogP contribution in [0.3, 0.4) is 0 Å². The van der Waals surface area contributed by atoms with Crippen LogP contribution in [0.1, 0.15) is 59.8 Å². The molecule has 0 aliphatic heterocycles. The molecule has 0 aromatic rings. The monoisotopic (exact) mass is 173 g/mol. The summed E-state index contributed by atoms with van der Waals surface area (Å²) in [4.78, 5) is 0. The van der Waals surface area contributed by atoms with Gasteiger partial charge < -0.3 is 5.73 Å². The Hall–Kier alpha value is -0.0400. The molecule has 0 aliphatic rings. The zero-order chi connectivity index (χ0) is 9.82. The average Bonchev–Trinajstić information content (AvgIpc) is 2.15. The molecular formula is C11H27N. The second-order valence-electron chi connectivity index (χ2n) is 3.15. The van der Waals surface area contributed by atoms with E-state index >= 15 is 0 Å². The van der Waals surface area contributed by atoms with Crippen molar-refractivity contribution < 1.29 is 0 Å². The Bertz CT molecular complexity index is 62.0. The second-order valence-corrected chi connectivity index (χ2v) is 3.15. The largest absolute Gasteiger partial charge is 0.330 e. The van der Waals surface area contributed by atoms with Crippen molar-refractivity contribution in [3.63, 3.8) is 0 Å². The molecule has 0 saturated heterocycles. The minimum Gasteiger partial charge on any atom is -0.330 e. The molecule has 76 valence electrons. The molecule has 1 unspecified atom stereocenters. The van der Waals surface area contributed by atoms with Crippen LogP contribution in [0.5, 0.6) is 0 Å². The van der Waals surface area contributed by atoms with Crippen LogP contribution in [-0.2, 0) is 0 Å². The van der Waals surface area contributed by atoms with Gasteiger partial charge in [-0.2, -0.15) is 0 Å². The first kappa shape index (κ1) is 14.5. The van der Waals surface area contributed by atoms with Crippen molar-refractivity contribution in [3.05, 3.63) is 0 Å². The van der Waals surface area contributed by atoms with Crippen LogP contribution in [0.25, 0.3) is 0 Å². The highest BCUT2D eigenvalue weighted by Gasteiger charge is 1.96. The highest BCUT2D eigenvalue weighted by Crippen LogP contribution is 2.11. The summed E-state index contributed by atoms with van der Waals surface area (Å²) in [6.45, 7) is 9.44. The predicted molar refractivity (Wildman–Crippen MR) is 58.3 cm³/mol. The summed E-state index contributed by atoms with van der Waals surface area (Å²) in [5.74, 6) is 0.915. The summed E-state index contributed by atoms with van der Waals surface area (Å²) in [6, 6.07) is 0. The quantitative estimate of drug-likeness (QED) is 0.610. The van der Waals surface area contributed by atoms with Gasteiger partial charge in [0.2, 0.25) is 0 Å². The molecule has 1 nitrogen and oxygen atoms in total. The molecule has 12 heavy (non-hydrogen) atoms. The fourth-order valence-electron chi connectivity index (χ4n) is 1.02.